The van der Waals surface area contributed by atoms with Crippen molar-refractivity contribution in [3.05, 3.63) is 135 Å². The molecule has 0 nitrogen and oxygen atoms in total. The van der Waals surface area contributed by atoms with E-state index in [2.05, 4.69) is 110 Å². The molecule has 5 rings (SSSR count). The van der Waals surface area contributed by atoms with Crippen molar-refractivity contribution in [2.45, 2.75) is 25.2 Å². The quantitative estimate of drug-likeness (QED) is 0.470. The third-order valence-corrected chi connectivity index (χ3v) is 6.64. The number of rotatable bonds is 0. The Morgan fingerprint density at radius 3 is 2.47 bits per heavy atom. The van der Waals surface area contributed by atoms with Gasteiger partial charge in [0.2, 0.25) is 0 Å². The molecular formula is C30H26. The van der Waals surface area contributed by atoms with Gasteiger partial charge in [-0.15, -0.1) is 0 Å². The van der Waals surface area contributed by atoms with Crippen LogP contribution in [0.15, 0.2) is 97.1 Å². The Balaban J connectivity index is 1.94. The summed E-state index contributed by atoms with van der Waals surface area (Å²) >= 11 is 0. The molecule has 146 valence electrons. The summed E-state index contributed by atoms with van der Waals surface area (Å²) in [4.78, 5) is 0. The molecule has 2 aliphatic carbocycles. The highest BCUT2D eigenvalue weighted by Crippen LogP contribution is 2.47. The highest BCUT2D eigenvalue weighted by molar-refractivity contribution is 5.70. The van der Waals surface area contributed by atoms with Gasteiger partial charge < -0.3 is 0 Å². The Bertz CT molecular complexity index is 1320. The largest absolute Gasteiger partial charge is 0.0945 e. The smallest absolute Gasteiger partial charge is 0.0488 e. The molecule has 30 heavy (non-hydrogen) atoms. The fourth-order valence-corrected chi connectivity index (χ4v) is 5.08. The van der Waals surface area contributed by atoms with E-state index in [1.54, 1.807) is 0 Å². The standard InChI is InChI=1S/C30H26/c1-22-11-10-17-29-27(22)19-18-24-12-5-6-15-26(24)21-23(2)30(29)20-9-3-4-13-25-14-7-8-16-28(25)30/h3-18,21H,2,19-20H2,1H3/b9-3-,13-4-,24-18-,26-21-. The molecule has 0 heterocycles. The lowest BCUT2D eigenvalue weighted by atomic mass is 9.63. The molecule has 0 bridgehead atoms. The lowest BCUT2D eigenvalue weighted by Gasteiger charge is -2.39. The van der Waals surface area contributed by atoms with Crippen LogP contribution in [0.1, 0.15) is 34.2 Å². The van der Waals surface area contributed by atoms with Crippen molar-refractivity contribution in [2.75, 3.05) is 0 Å². The predicted molar refractivity (Wildman–Crippen MR) is 129 cm³/mol. The highest BCUT2D eigenvalue weighted by Gasteiger charge is 2.39. The maximum Gasteiger partial charge on any atom is 0.0488 e. The first-order chi connectivity index (χ1) is 14.7. The average Bonchev–Trinajstić information content (AvgIpc) is 2.79. The molecule has 0 saturated carbocycles. The number of hydrogen-bond acceptors (Lipinski definition) is 0. The van der Waals surface area contributed by atoms with Gasteiger partial charge >= 0.3 is 0 Å². The maximum absolute atomic E-state index is 4.71. The number of aryl methyl sites for hydroxylation is 1. The van der Waals surface area contributed by atoms with E-state index in [1.807, 2.05) is 0 Å². The molecule has 1 atom stereocenters. The molecule has 0 radical (unpaired) electrons. The van der Waals surface area contributed by atoms with Gasteiger partial charge in [-0.05, 0) is 63.6 Å². The van der Waals surface area contributed by atoms with E-state index in [9.17, 15) is 0 Å². The normalized spacial score (nSPS) is 24.1. The second kappa shape index (κ2) is 7.46. The van der Waals surface area contributed by atoms with Crippen LogP contribution in [0.3, 0.4) is 0 Å². The van der Waals surface area contributed by atoms with Crippen molar-refractivity contribution < 1.29 is 0 Å². The van der Waals surface area contributed by atoms with Gasteiger partial charge in [-0.25, -0.2) is 0 Å². The summed E-state index contributed by atoms with van der Waals surface area (Å²) in [6.07, 6.45) is 15.3. The highest BCUT2D eigenvalue weighted by atomic mass is 14.4. The van der Waals surface area contributed by atoms with Crippen molar-refractivity contribution in [3.8, 4) is 0 Å². The maximum atomic E-state index is 4.71. The van der Waals surface area contributed by atoms with Crippen LogP contribution < -0.4 is 10.4 Å². The van der Waals surface area contributed by atoms with Crippen LogP contribution >= 0.6 is 0 Å². The Hall–Kier alpha value is -3.38. The lowest BCUT2D eigenvalue weighted by molar-refractivity contribution is 0.626. The van der Waals surface area contributed by atoms with Crippen molar-refractivity contribution in [1.29, 1.82) is 0 Å². The molecule has 0 aliphatic heterocycles. The first kappa shape index (κ1) is 18.6. The van der Waals surface area contributed by atoms with E-state index in [-0.39, 0.29) is 5.41 Å². The lowest BCUT2D eigenvalue weighted by Crippen LogP contribution is -2.32. The number of hydrogen-bond donors (Lipinski definition) is 0. The summed E-state index contributed by atoms with van der Waals surface area (Å²) in [6.45, 7) is 6.94. The van der Waals surface area contributed by atoms with Crippen molar-refractivity contribution in [1.82, 2.24) is 0 Å². The zero-order valence-electron chi connectivity index (χ0n) is 17.4. The van der Waals surface area contributed by atoms with Crippen LogP contribution in [0.5, 0.6) is 0 Å². The van der Waals surface area contributed by atoms with Gasteiger partial charge in [-0.1, -0.05) is 110 Å². The van der Waals surface area contributed by atoms with E-state index in [0.29, 0.717) is 0 Å². The topological polar surface area (TPSA) is 0 Å². The number of fused-ring (bicyclic) bond motifs is 5. The van der Waals surface area contributed by atoms with Crippen LogP contribution in [-0.2, 0) is 11.8 Å². The summed E-state index contributed by atoms with van der Waals surface area (Å²) in [6, 6.07) is 24.2. The minimum Gasteiger partial charge on any atom is -0.0945 e. The Kier molecular flexibility index (Phi) is 4.64. The SMILES string of the molecule is C=C1/C=c2/cccc/c2=C/Cc2c(C)cccc2C12C/C=C\C=C/c1ccccc12. The molecule has 1 unspecified atom stereocenters. The Morgan fingerprint density at radius 1 is 0.800 bits per heavy atom. The molecule has 0 aromatic heterocycles. The van der Waals surface area contributed by atoms with E-state index in [4.69, 9.17) is 6.58 Å². The van der Waals surface area contributed by atoms with Gasteiger partial charge in [0, 0.05) is 5.41 Å². The molecule has 0 N–H and O–H groups in total. The summed E-state index contributed by atoms with van der Waals surface area (Å²) in [5, 5.41) is 2.52. The second-order valence-electron chi connectivity index (χ2n) is 8.29. The molecular weight excluding hydrogens is 360 g/mol. The van der Waals surface area contributed by atoms with Crippen LogP contribution in [0.2, 0.25) is 0 Å². The fraction of sp³-hybridized carbons (Fsp3) is 0.133. The van der Waals surface area contributed by atoms with E-state index in [0.717, 1.165) is 18.4 Å². The zero-order chi connectivity index (χ0) is 20.6. The molecule has 2 aliphatic rings. The summed E-state index contributed by atoms with van der Waals surface area (Å²) in [7, 11) is 0. The van der Waals surface area contributed by atoms with E-state index >= 15 is 0 Å². The van der Waals surface area contributed by atoms with Crippen LogP contribution in [-0.4, -0.2) is 0 Å². The molecule has 3 aromatic rings. The van der Waals surface area contributed by atoms with Crippen molar-refractivity contribution in [2.24, 2.45) is 0 Å². The minimum absolute atomic E-state index is 0.301. The average molecular weight is 387 g/mol. The van der Waals surface area contributed by atoms with Gasteiger partial charge in [-0.3, -0.25) is 0 Å². The first-order valence-electron chi connectivity index (χ1n) is 10.7. The number of benzene rings is 3. The van der Waals surface area contributed by atoms with Gasteiger partial charge in [0.15, 0.2) is 0 Å². The summed E-state index contributed by atoms with van der Waals surface area (Å²) in [5.74, 6) is 0. The second-order valence-corrected chi connectivity index (χ2v) is 8.29. The predicted octanol–water partition coefficient (Wildman–Crippen LogP) is 5.63. The van der Waals surface area contributed by atoms with Crippen LogP contribution in [0.25, 0.3) is 18.2 Å². The summed E-state index contributed by atoms with van der Waals surface area (Å²) in [5.41, 5.74) is 7.57. The van der Waals surface area contributed by atoms with Crippen molar-refractivity contribution in [3.63, 3.8) is 0 Å². The van der Waals surface area contributed by atoms with Gasteiger partial charge in [-0.2, -0.15) is 0 Å². The van der Waals surface area contributed by atoms with Gasteiger partial charge in [0.1, 0.15) is 0 Å². The monoisotopic (exact) mass is 386 g/mol. The third-order valence-electron chi connectivity index (χ3n) is 6.64. The molecule has 0 saturated heterocycles. The first-order valence-corrected chi connectivity index (χ1v) is 10.7. The Labute approximate surface area is 178 Å². The third kappa shape index (κ3) is 2.92. The molecule has 0 amide bonds. The van der Waals surface area contributed by atoms with Crippen LogP contribution in [0, 0.1) is 6.92 Å². The summed E-state index contributed by atoms with van der Waals surface area (Å²) < 4.78 is 0. The molecule has 1 spiro atoms. The molecule has 3 aromatic carbocycles. The van der Waals surface area contributed by atoms with E-state index in [1.165, 1.54) is 38.3 Å². The van der Waals surface area contributed by atoms with Gasteiger partial charge in [0.25, 0.3) is 0 Å². The zero-order valence-corrected chi connectivity index (χ0v) is 17.4. The van der Waals surface area contributed by atoms with Gasteiger partial charge in [0.05, 0.1) is 0 Å². The molecule has 0 fully saturated rings. The van der Waals surface area contributed by atoms with E-state index < -0.39 is 0 Å². The number of allylic oxidation sites excluding steroid dienone is 4. The Morgan fingerprint density at radius 2 is 1.57 bits per heavy atom. The minimum atomic E-state index is -0.301. The van der Waals surface area contributed by atoms with Crippen LogP contribution in [0.4, 0.5) is 0 Å². The van der Waals surface area contributed by atoms with Crippen molar-refractivity contribution >= 4 is 18.2 Å². The fourth-order valence-electron chi connectivity index (χ4n) is 5.08. The molecule has 0 heteroatoms.